The molecule has 4 amide bonds. The lowest BCUT2D eigenvalue weighted by Gasteiger charge is -2.23. The third-order valence-corrected chi connectivity index (χ3v) is 3.38. The zero-order valence-electron chi connectivity index (χ0n) is 11.2. The second-order valence-corrected chi connectivity index (χ2v) is 5.23. The molecule has 2 fully saturated rings. The van der Waals surface area contributed by atoms with Gasteiger partial charge in [0.25, 0.3) is 5.91 Å². The number of rotatable bonds is 6. The molecule has 2 rings (SSSR count). The molecule has 8 nitrogen and oxygen atoms in total. The van der Waals surface area contributed by atoms with Gasteiger partial charge in [-0.05, 0) is 18.8 Å². The van der Waals surface area contributed by atoms with Crippen LogP contribution >= 0.6 is 0 Å². The van der Waals surface area contributed by atoms with E-state index in [1.54, 1.807) is 0 Å². The van der Waals surface area contributed by atoms with Crippen LogP contribution in [0.5, 0.6) is 0 Å². The van der Waals surface area contributed by atoms with E-state index in [4.69, 9.17) is 5.11 Å². The fourth-order valence-electron chi connectivity index (χ4n) is 2.09. The van der Waals surface area contributed by atoms with E-state index in [1.807, 2.05) is 0 Å². The molecule has 8 heteroatoms. The largest absolute Gasteiger partial charge is 0.480 e. The molecule has 1 saturated heterocycles. The Morgan fingerprint density at radius 3 is 2.45 bits per heavy atom. The molecule has 1 N–H and O–H groups in total. The first-order valence-corrected chi connectivity index (χ1v) is 6.43. The maximum Gasteiger partial charge on any atom is 0.327 e. The standard InChI is InChI=1S/C12H17N3O5/c1-13-5-10(17)15(12(13)20)6-9(16)14(7-11(18)19)4-8-2-3-8/h8H,2-7H2,1H3,(H,18,19). The summed E-state index contributed by atoms with van der Waals surface area (Å²) in [6.45, 7) is -0.464. The van der Waals surface area contributed by atoms with Crippen molar-refractivity contribution in [2.45, 2.75) is 12.8 Å². The highest BCUT2D eigenvalue weighted by Crippen LogP contribution is 2.29. The van der Waals surface area contributed by atoms with Crippen LogP contribution in [-0.4, -0.2) is 76.8 Å². The van der Waals surface area contributed by atoms with Gasteiger partial charge in [-0.15, -0.1) is 0 Å². The molecule has 0 spiro atoms. The lowest BCUT2D eigenvalue weighted by atomic mass is 10.3. The summed E-state index contributed by atoms with van der Waals surface area (Å²) in [5, 5.41) is 8.82. The summed E-state index contributed by atoms with van der Waals surface area (Å²) in [6.07, 6.45) is 1.96. The van der Waals surface area contributed by atoms with Gasteiger partial charge < -0.3 is 14.9 Å². The predicted octanol–water partition coefficient (Wildman–Crippen LogP) is -0.796. The summed E-state index contributed by atoms with van der Waals surface area (Å²) in [5.74, 6) is -1.70. The van der Waals surface area contributed by atoms with Gasteiger partial charge in [-0.2, -0.15) is 0 Å². The maximum absolute atomic E-state index is 12.1. The van der Waals surface area contributed by atoms with Crippen LogP contribution in [-0.2, 0) is 14.4 Å². The Bertz CT molecular complexity index is 460. The number of likely N-dealkylation sites (N-methyl/N-ethyl adjacent to an activating group) is 1. The number of carboxylic acid groups (broad SMARTS) is 1. The van der Waals surface area contributed by atoms with Crippen molar-refractivity contribution in [2.24, 2.45) is 5.92 Å². The molecule has 20 heavy (non-hydrogen) atoms. The van der Waals surface area contributed by atoms with Crippen LogP contribution in [0.25, 0.3) is 0 Å². The Labute approximate surface area is 115 Å². The quantitative estimate of drug-likeness (QED) is 0.644. The number of carbonyl (C=O) groups excluding carboxylic acids is 3. The summed E-state index contributed by atoms with van der Waals surface area (Å²) in [6, 6.07) is -0.523. The molecule has 1 aliphatic heterocycles. The molecule has 0 aromatic heterocycles. The second kappa shape index (κ2) is 5.48. The normalized spacial score (nSPS) is 18.6. The van der Waals surface area contributed by atoms with Gasteiger partial charge in [-0.1, -0.05) is 0 Å². The number of amides is 4. The summed E-state index contributed by atoms with van der Waals surface area (Å²) >= 11 is 0. The summed E-state index contributed by atoms with van der Waals surface area (Å²) in [5.41, 5.74) is 0. The van der Waals surface area contributed by atoms with E-state index in [0.717, 1.165) is 17.7 Å². The highest BCUT2D eigenvalue weighted by Gasteiger charge is 2.36. The zero-order chi connectivity index (χ0) is 14.9. The van der Waals surface area contributed by atoms with E-state index in [0.29, 0.717) is 12.5 Å². The third kappa shape index (κ3) is 3.25. The van der Waals surface area contributed by atoms with Gasteiger partial charge in [0.15, 0.2) is 0 Å². The minimum absolute atomic E-state index is 0.0479. The minimum Gasteiger partial charge on any atom is -0.480 e. The Hall–Kier alpha value is -2.12. The van der Waals surface area contributed by atoms with Crippen LogP contribution in [0.2, 0.25) is 0 Å². The molecule has 0 atom stereocenters. The van der Waals surface area contributed by atoms with E-state index in [9.17, 15) is 19.2 Å². The Balaban J connectivity index is 1.98. The Morgan fingerprint density at radius 2 is 2.00 bits per heavy atom. The molecule has 1 aliphatic carbocycles. The molecule has 1 saturated carbocycles. The SMILES string of the molecule is CN1CC(=O)N(CC(=O)N(CC(=O)O)CC2CC2)C1=O. The zero-order valence-corrected chi connectivity index (χ0v) is 11.2. The molecular weight excluding hydrogens is 266 g/mol. The average molecular weight is 283 g/mol. The maximum atomic E-state index is 12.1. The summed E-state index contributed by atoms with van der Waals surface area (Å²) in [4.78, 5) is 49.4. The lowest BCUT2D eigenvalue weighted by Crippen LogP contribution is -2.45. The van der Waals surface area contributed by atoms with Crippen LogP contribution in [0.15, 0.2) is 0 Å². The third-order valence-electron chi connectivity index (χ3n) is 3.38. The average Bonchev–Trinajstić information content (AvgIpc) is 3.13. The van der Waals surface area contributed by atoms with Gasteiger partial charge in [0.2, 0.25) is 5.91 Å². The number of hydrogen-bond acceptors (Lipinski definition) is 4. The lowest BCUT2D eigenvalue weighted by molar-refractivity contribution is -0.145. The van der Waals surface area contributed by atoms with Crippen LogP contribution in [0.1, 0.15) is 12.8 Å². The molecule has 0 bridgehead atoms. The highest BCUT2D eigenvalue weighted by atomic mass is 16.4. The van der Waals surface area contributed by atoms with Crippen molar-refractivity contribution < 1.29 is 24.3 Å². The number of urea groups is 1. The molecule has 0 aromatic rings. The van der Waals surface area contributed by atoms with Gasteiger partial charge in [-0.3, -0.25) is 19.3 Å². The van der Waals surface area contributed by atoms with Crippen molar-refractivity contribution in [2.75, 3.05) is 33.2 Å². The van der Waals surface area contributed by atoms with Crippen LogP contribution in [0.3, 0.4) is 0 Å². The Morgan fingerprint density at radius 1 is 1.35 bits per heavy atom. The van der Waals surface area contributed by atoms with Gasteiger partial charge in [-0.25, -0.2) is 4.79 Å². The van der Waals surface area contributed by atoms with Crippen molar-refractivity contribution in [3.05, 3.63) is 0 Å². The van der Waals surface area contributed by atoms with Crippen molar-refractivity contribution in [3.63, 3.8) is 0 Å². The Kier molecular flexibility index (Phi) is 3.91. The topological polar surface area (TPSA) is 98.2 Å². The van der Waals surface area contributed by atoms with E-state index < -0.39 is 30.4 Å². The first kappa shape index (κ1) is 14.3. The summed E-state index contributed by atoms with van der Waals surface area (Å²) < 4.78 is 0. The van der Waals surface area contributed by atoms with Crippen molar-refractivity contribution in [3.8, 4) is 0 Å². The number of carboxylic acids is 1. The van der Waals surface area contributed by atoms with E-state index in [-0.39, 0.29) is 13.1 Å². The van der Waals surface area contributed by atoms with E-state index in [1.165, 1.54) is 16.8 Å². The molecular formula is C12H17N3O5. The fraction of sp³-hybridized carbons (Fsp3) is 0.667. The number of aliphatic carboxylic acids is 1. The van der Waals surface area contributed by atoms with Gasteiger partial charge in [0, 0.05) is 13.6 Å². The number of carbonyl (C=O) groups is 4. The molecule has 2 aliphatic rings. The number of hydrogen-bond donors (Lipinski definition) is 1. The molecule has 110 valence electrons. The first-order valence-electron chi connectivity index (χ1n) is 6.43. The molecule has 0 aromatic carbocycles. The summed E-state index contributed by atoms with van der Waals surface area (Å²) in [7, 11) is 1.48. The van der Waals surface area contributed by atoms with Crippen LogP contribution in [0.4, 0.5) is 4.79 Å². The number of imide groups is 1. The van der Waals surface area contributed by atoms with Gasteiger partial charge in [0.1, 0.15) is 19.6 Å². The second-order valence-electron chi connectivity index (χ2n) is 5.23. The monoisotopic (exact) mass is 283 g/mol. The molecule has 0 unspecified atom stereocenters. The van der Waals surface area contributed by atoms with Crippen LogP contribution in [0, 0.1) is 5.92 Å². The highest BCUT2D eigenvalue weighted by molar-refractivity contribution is 6.04. The molecule has 0 radical (unpaired) electrons. The minimum atomic E-state index is -1.10. The van der Waals surface area contributed by atoms with Crippen molar-refractivity contribution in [1.82, 2.24) is 14.7 Å². The van der Waals surface area contributed by atoms with Gasteiger partial charge >= 0.3 is 12.0 Å². The smallest absolute Gasteiger partial charge is 0.327 e. The fourth-order valence-corrected chi connectivity index (χ4v) is 2.09. The van der Waals surface area contributed by atoms with E-state index >= 15 is 0 Å². The van der Waals surface area contributed by atoms with Gasteiger partial charge in [0.05, 0.1) is 0 Å². The first-order chi connectivity index (χ1) is 9.38. The van der Waals surface area contributed by atoms with E-state index in [2.05, 4.69) is 0 Å². The van der Waals surface area contributed by atoms with Crippen LogP contribution < -0.4 is 0 Å². The predicted molar refractivity (Wildman–Crippen MR) is 66.7 cm³/mol. The van der Waals surface area contributed by atoms with Crippen molar-refractivity contribution >= 4 is 23.8 Å². The van der Waals surface area contributed by atoms with Crippen molar-refractivity contribution in [1.29, 1.82) is 0 Å². The molecule has 1 heterocycles. The number of nitrogens with zero attached hydrogens (tertiary/aromatic N) is 3.